The summed E-state index contributed by atoms with van der Waals surface area (Å²) in [5.74, 6) is 0.544. The second-order valence-electron chi connectivity index (χ2n) is 6.51. The molecule has 0 saturated heterocycles. The number of carbonyl (C=O) groups is 1. The summed E-state index contributed by atoms with van der Waals surface area (Å²) >= 11 is 7.70. The van der Waals surface area contributed by atoms with Gasteiger partial charge in [0.15, 0.2) is 0 Å². The Labute approximate surface area is 158 Å². The Morgan fingerprint density at radius 3 is 2.40 bits per heavy atom. The lowest BCUT2D eigenvalue weighted by Crippen LogP contribution is -2.46. The Morgan fingerprint density at radius 1 is 1.16 bits per heavy atom. The summed E-state index contributed by atoms with van der Waals surface area (Å²) in [6.07, 6.45) is -0.741. The van der Waals surface area contributed by atoms with Crippen LogP contribution in [0.15, 0.2) is 54.6 Å². The minimum atomic E-state index is -0.741. The van der Waals surface area contributed by atoms with E-state index < -0.39 is 10.9 Å². The van der Waals surface area contributed by atoms with Gasteiger partial charge >= 0.3 is 0 Å². The highest BCUT2D eigenvalue weighted by molar-refractivity contribution is 8.00. The molecule has 5 heteroatoms. The third-order valence-corrected chi connectivity index (χ3v) is 5.80. The van der Waals surface area contributed by atoms with Crippen LogP contribution in [-0.4, -0.2) is 21.8 Å². The number of hydrogen-bond acceptors (Lipinski definition) is 3. The summed E-state index contributed by atoms with van der Waals surface area (Å²) in [6, 6.07) is 16.6. The van der Waals surface area contributed by atoms with Gasteiger partial charge in [-0.25, -0.2) is 0 Å². The van der Waals surface area contributed by atoms with Crippen LogP contribution in [0.25, 0.3) is 0 Å². The molecule has 0 aliphatic carbocycles. The topological polar surface area (TPSA) is 49.3 Å². The zero-order valence-corrected chi connectivity index (χ0v) is 16.3. The summed E-state index contributed by atoms with van der Waals surface area (Å²) in [6.45, 7) is 5.57. The number of aliphatic hydroxyl groups excluding tert-OH is 1. The fourth-order valence-electron chi connectivity index (χ4n) is 2.34. The predicted molar refractivity (Wildman–Crippen MR) is 106 cm³/mol. The molecule has 134 valence electrons. The number of thioether (sulfide) groups is 1. The molecule has 0 saturated carbocycles. The van der Waals surface area contributed by atoms with Crippen LogP contribution >= 0.6 is 23.4 Å². The van der Waals surface area contributed by atoms with Gasteiger partial charge in [-0.2, -0.15) is 0 Å². The van der Waals surface area contributed by atoms with Crippen molar-refractivity contribution in [2.45, 2.75) is 43.4 Å². The number of aliphatic hydroxyl groups is 1. The molecule has 0 radical (unpaired) electrons. The van der Waals surface area contributed by atoms with Crippen molar-refractivity contribution in [3.8, 4) is 0 Å². The van der Waals surface area contributed by atoms with Gasteiger partial charge in [0.05, 0.1) is 16.9 Å². The summed E-state index contributed by atoms with van der Waals surface area (Å²) in [7, 11) is 0. The second kappa shape index (κ2) is 8.75. The zero-order chi connectivity index (χ0) is 18.4. The predicted octanol–water partition coefficient (Wildman–Crippen LogP) is 4.59. The summed E-state index contributed by atoms with van der Waals surface area (Å²) in [5.41, 5.74) is 1.80. The van der Waals surface area contributed by atoms with Gasteiger partial charge in [-0.3, -0.25) is 4.79 Å². The first-order chi connectivity index (χ1) is 11.8. The van der Waals surface area contributed by atoms with E-state index in [-0.39, 0.29) is 11.9 Å². The van der Waals surface area contributed by atoms with Gasteiger partial charge in [0, 0.05) is 10.8 Å². The summed E-state index contributed by atoms with van der Waals surface area (Å²) in [4.78, 5) is 12.6. The lowest BCUT2D eigenvalue weighted by atomic mass is 10.0. The highest BCUT2D eigenvalue weighted by atomic mass is 35.5. The normalized spacial score (nSPS) is 14.0. The van der Waals surface area contributed by atoms with E-state index in [0.29, 0.717) is 10.8 Å². The van der Waals surface area contributed by atoms with Gasteiger partial charge in [-0.15, -0.1) is 11.8 Å². The minimum absolute atomic E-state index is 0.105. The number of benzene rings is 2. The van der Waals surface area contributed by atoms with Crippen LogP contribution in [-0.2, 0) is 10.5 Å². The Hall–Kier alpha value is -1.49. The molecule has 0 heterocycles. The molecule has 0 aliphatic rings. The van der Waals surface area contributed by atoms with E-state index in [4.69, 9.17) is 11.6 Å². The van der Waals surface area contributed by atoms with E-state index in [1.54, 1.807) is 0 Å². The molecule has 0 spiro atoms. The molecule has 2 aromatic carbocycles. The number of halogens is 1. The number of nitrogens with one attached hydrogen (secondary N) is 1. The van der Waals surface area contributed by atoms with E-state index in [0.717, 1.165) is 11.1 Å². The smallest absolute Gasteiger partial charge is 0.235 e. The quantitative estimate of drug-likeness (QED) is 0.741. The molecule has 0 bridgehead atoms. The molecule has 0 aliphatic heterocycles. The maximum absolute atomic E-state index is 12.6. The molecule has 1 amide bonds. The van der Waals surface area contributed by atoms with Crippen LogP contribution in [0.4, 0.5) is 0 Å². The maximum Gasteiger partial charge on any atom is 0.235 e. The van der Waals surface area contributed by atoms with Crippen LogP contribution in [0.1, 0.15) is 38.0 Å². The van der Waals surface area contributed by atoms with Crippen molar-refractivity contribution in [2.24, 2.45) is 0 Å². The van der Waals surface area contributed by atoms with Crippen molar-refractivity contribution in [1.82, 2.24) is 5.32 Å². The van der Waals surface area contributed by atoms with Crippen molar-refractivity contribution in [2.75, 3.05) is 0 Å². The first-order valence-corrected chi connectivity index (χ1v) is 9.59. The van der Waals surface area contributed by atoms with Crippen LogP contribution in [0, 0.1) is 0 Å². The van der Waals surface area contributed by atoms with E-state index in [2.05, 4.69) is 5.32 Å². The average molecular weight is 378 g/mol. The van der Waals surface area contributed by atoms with E-state index in [9.17, 15) is 9.90 Å². The Balaban J connectivity index is 1.95. The summed E-state index contributed by atoms with van der Waals surface area (Å²) < 4.78 is -0.635. The van der Waals surface area contributed by atoms with E-state index in [1.807, 2.05) is 75.4 Å². The average Bonchev–Trinajstić information content (AvgIpc) is 2.61. The molecule has 25 heavy (non-hydrogen) atoms. The van der Waals surface area contributed by atoms with Gasteiger partial charge in [-0.1, -0.05) is 60.1 Å². The first kappa shape index (κ1) is 19.8. The molecule has 2 atom stereocenters. The maximum atomic E-state index is 12.6. The van der Waals surface area contributed by atoms with Crippen molar-refractivity contribution >= 4 is 29.3 Å². The Bertz CT molecular complexity index is 706. The standard InChI is InChI=1S/C20H24ClNO2S/c1-14(18(23)15-9-5-4-6-10-15)22-19(24)20(2,3)25-13-16-11-7-8-12-17(16)21/h4-12,14,18,23H,13H2,1-3H3,(H,22,24). The van der Waals surface area contributed by atoms with Crippen molar-refractivity contribution in [3.05, 3.63) is 70.7 Å². The molecule has 3 nitrogen and oxygen atoms in total. The van der Waals surface area contributed by atoms with Crippen LogP contribution in [0.3, 0.4) is 0 Å². The number of rotatable bonds is 7. The number of amides is 1. The minimum Gasteiger partial charge on any atom is -0.386 e. The molecule has 2 unspecified atom stereocenters. The molecule has 2 aromatic rings. The highest BCUT2D eigenvalue weighted by Crippen LogP contribution is 2.31. The number of carbonyl (C=O) groups excluding carboxylic acids is 1. The Morgan fingerprint density at radius 2 is 1.76 bits per heavy atom. The third-order valence-electron chi connectivity index (χ3n) is 4.07. The molecule has 0 fully saturated rings. The van der Waals surface area contributed by atoms with Crippen molar-refractivity contribution in [1.29, 1.82) is 0 Å². The van der Waals surface area contributed by atoms with Gasteiger partial charge in [0.25, 0.3) is 0 Å². The van der Waals surface area contributed by atoms with Crippen molar-refractivity contribution in [3.63, 3.8) is 0 Å². The van der Waals surface area contributed by atoms with Gasteiger partial charge in [0.1, 0.15) is 0 Å². The van der Waals surface area contributed by atoms with Crippen molar-refractivity contribution < 1.29 is 9.90 Å². The van der Waals surface area contributed by atoms with E-state index >= 15 is 0 Å². The molecule has 2 rings (SSSR count). The van der Waals surface area contributed by atoms with Gasteiger partial charge in [-0.05, 0) is 38.0 Å². The summed E-state index contributed by atoms with van der Waals surface area (Å²) in [5, 5.41) is 14.0. The van der Waals surface area contributed by atoms with Gasteiger partial charge < -0.3 is 10.4 Å². The Kier molecular flexibility index (Phi) is 6.94. The zero-order valence-electron chi connectivity index (χ0n) is 14.7. The van der Waals surface area contributed by atoms with Crippen LogP contribution < -0.4 is 5.32 Å². The monoisotopic (exact) mass is 377 g/mol. The highest BCUT2D eigenvalue weighted by Gasteiger charge is 2.31. The fraction of sp³-hybridized carbons (Fsp3) is 0.350. The van der Waals surface area contributed by atoms with Gasteiger partial charge in [0.2, 0.25) is 5.91 Å². The second-order valence-corrected chi connectivity index (χ2v) is 8.51. The van der Waals surface area contributed by atoms with Crippen LogP contribution in [0.2, 0.25) is 5.02 Å². The lowest BCUT2D eigenvalue weighted by molar-refractivity contribution is -0.124. The third kappa shape index (κ3) is 5.50. The molecular formula is C20H24ClNO2S. The van der Waals surface area contributed by atoms with E-state index in [1.165, 1.54) is 11.8 Å². The van der Waals surface area contributed by atoms with Crippen LogP contribution in [0.5, 0.6) is 0 Å². The lowest BCUT2D eigenvalue weighted by Gasteiger charge is -2.28. The SMILES string of the molecule is CC(NC(=O)C(C)(C)SCc1ccccc1Cl)C(O)c1ccccc1. The molecular weight excluding hydrogens is 354 g/mol. The molecule has 2 N–H and O–H groups in total. The largest absolute Gasteiger partial charge is 0.386 e. The number of hydrogen-bond donors (Lipinski definition) is 2. The fourth-order valence-corrected chi connectivity index (χ4v) is 3.58. The first-order valence-electron chi connectivity index (χ1n) is 8.22. The molecule has 0 aromatic heterocycles.